The number of carboxylic acid groups (broad SMARTS) is 1. The molecule has 5 nitrogen and oxygen atoms in total. The van der Waals surface area contributed by atoms with E-state index in [9.17, 15) is 9.59 Å². The Morgan fingerprint density at radius 3 is 2.46 bits per heavy atom. The zero-order valence-electron chi connectivity index (χ0n) is 21.2. The quantitative estimate of drug-likeness (QED) is 0.306. The number of carbonyl (C=O) groups is 2. The van der Waals surface area contributed by atoms with E-state index in [0.717, 1.165) is 29.5 Å². The van der Waals surface area contributed by atoms with E-state index < -0.39 is 12.0 Å². The third-order valence-corrected chi connectivity index (χ3v) is 6.18. The van der Waals surface area contributed by atoms with Crippen molar-refractivity contribution in [3.05, 3.63) is 89.5 Å². The Morgan fingerprint density at radius 2 is 1.74 bits per heavy atom. The number of carboxylic acids is 1. The van der Waals surface area contributed by atoms with E-state index in [0.29, 0.717) is 43.7 Å². The van der Waals surface area contributed by atoms with Gasteiger partial charge in [0.2, 0.25) is 0 Å². The molecule has 182 valence electrons. The van der Waals surface area contributed by atoms with Crippen LogP contribution in [0.5, 0.6) is 5.75 Å². The zero-order chi connectivity index (χ0) is 25.5. The van der Waals surface area contributed by atoms with Crippen LogP contribution in [0, 0.1) is 6.92 Å². The van der Waals surface area contributed by atoms with Crippen molar-refractivity contribution in [3.63, 3.8) is 0 Å². The largest absolute Gasteiger partial charge is 0.493 e. The molecule has 1 saturated carbocycles. The van der Waals surface area contributed by atoms with Gasteiger partial charge in [0, 0.05) is 30.1 Å². The van der Waals surface area contributed by atoms with Gasteiger partial charge in [-0.2, -0.15) is 0 Å². The van der Waals surface area contributed by atoms with Crippen LogP contribution >= 0.6 is 0 Å². The first-order valence-corrected chi connectivity index (χ1v) is 12.3. The molecule has 0 heterocycles. The molecule has 1 fully saturated rings. The van der Waals surface area contributed by atoms with Gasteiger partial charge in [0.15, 0.2) is 0 Å². The van der Waals surface area contributed by atoms with Crippen LogP contribution in [0.1, 0.15) is 61.4 Å². The summed E-state index contributed by atoms with van der Waals surface area (Å²) in [5.74, 6) is -0.227. The van der Waals surface area contributed by atoms with Gasteiger partial charge in [0.1, 0.15) is 5.75 Å². The maximum Gasteiger partial charge on any atom is 0.303 e. The highest BCUT2D eigenvalue weighted by molar-refractivity contribution is 5.95. The summed E-state index contributed by atoms with van der Waals surface area (Å²) in [6, 6.07) is 22.6. The second kappa shape index (κ2) is 11.7. The van der Waals surface area contributed by atoms with Crippen LogP contribution < -0.4 is 4.74 Å². The second-order valence-electron chi connectivity index (χ2n) is 9.06. The summed E-state index contributed by atoms with van der Waals surface area (Å²) in [5, 5.41) is 8.76. The van der Waals surface area contributed by atoms with Gasteiger partial charge < -0.3 is 14.7 Å². The van der Waals surface area contributed by atoms with E-state index in [1.54, 1.807) is 4.90 Å². The SMILES string of the molecule is [2H]C1(N(Cc2ccccc2OCCCCCC(=O)O)C(=O)c2ccc(-c3cccc(C)c3)cc2)CC1. The van der Waals surface area contributed by atoms with Crippen molar-refractivity contribution in [2.75, 3.05) is 6.61 Å². The highest BCUT2D eigenvalue weighted by atomic mass is 16.5. The second-order valence-corrected chi connectivity index (χ2v) is 9.06. The lowest BCUT2D eigenvalue weighted by Crippen LogP contribution is -2.32. The molecule has 0 unspecified atom stereocenters. The molecule has 5 heteroatoms. The molecule has 0 radical (unpaired) electrons. The fraction of sp³-hybridized carbons (Fsp3) is 0.333. The lowest BCUT2D eigenvalue weighted by molar-refractivity contribution is -0.137. The Bertz CT molecular complexity index is 1200. The molecule has 1 aliphatic carbocycles. The van der Waals surface area contributed by atoms with Gasteiger partial charge in [-0.1, -0.05) is 60.2 Å². The highest BCUT2D eigenvalue weighted by Gasteiger charge is 2.33. The van der Waals surface area contributed by atoms with E-state index in [-0.39, 0.29) is 12.3 Å². The Balaban J connectivity index is 1.45. The fourth-order valence-electron chi connectivity index (χ4n) is 4.12. The minimum atomic E-state index is -0.893. The summed E-state index contributed by atoms with van der Waals surface area (Å²) >= 11 is 0. The number of benzene rings is 3. The molecule has 1 N–H and O–H groups in total. The van der Waals surface area contributed by atoms with Gasteiger partial charge in [-0.25, -0.2) is 0 Å². The molecule has 0 aliphatic heterocycles. The molecule has 4 rings (SSSR count). The average molecular weight is 473 g/mol. The van der Waals surface area contributed by atoms with Crippen LogP contribution in [-0.4, -0.2) is 34.5 Å². The fourth-order valence-corrected chi connectivity index (χ4v) is 4.12. The number of rotatable bonds is 12. The number of aryl methyl sites for hydroxylation is 1. The first-order valence-electron chi connectivity index (χ1n) is 12.8. The zero-order valence-corrected chi connectivity index (χ0v) is 20.2. The predicted octanol–water partition coefficient (Wildman–Crippen LogP) is 6.49. The van der Waals surface area contributed by atoms with Crippen LogP contribution in [0.15, 0.2) is 72.8 Å². The Morgan fingerprint density at radius 1 is 0.971 bits per heavy atom. The normalized spacial score (nSPS) is 14.1. The predicted molar refractivity (Wildman–Crippen MR) is 138 cm³/mol. The number of hydrogen-bond acceptors (Lipinski definition) is 3. The summed E-state index contributed by atoms with van der Waals surface area (Å²) in [6.45, 7) is 2.85. The van der Waals surface area contributed by atoms with E-state index in [4.69, 9.17) is 11.2 Å². The molecular formula is C30H33NO4. The lowest BCUT2D eigenvalue weighted by atomic mass is 10.0. The maximum atomic E-state index is 13.6. The monoisotopic (exact) mass is 472 g/mol. The van der Waals surface area contributed by atoms with Gasteiger partial charge in [0.25, 0.3) is 5.91 Å². The molecular weight excluding hydrogens is 438 g/mol. The molecule has 1 aliphatic rings. The van der Waals surface area contributed by atoms with Crippen molar-refractivity contribution in [2.24, 2.45) is 0 Å². The van der Waals surface area contributed by atoms with Crippen molar-refractivity contribution in [3.8, 4) is 16.9 Å². The molecule has 0 atom stereocenters. The summed E-state index contributed by atoms with van der Waals surface area (Å²) in [4.78, 5) is 25.9. The van der Waals surface area contributed by atoms with Gasteiger partial charge >= 0.3 is 5.97 Å². The molecule has 0 spiro atoms. The standard InChI is InChI=1S/C30H33NO4/c1-22-8-7-10-25(20-22)23-13-15-24(16-14-23)30(34)31(27-17-18-27)21-26-9-4-5-11-28(26)35-19-6-2-3-12-29(32)33/h4-5,7-11,13-16,20,27H,2-3,6,12,17-19,21H2,1H3,(H,32,33)/i27D. The number of hydrogen-bond donors (Lipinski definition) is 1. The van der Waals surface area contributed by atoms with E-state index in [2.05, 4.69) is 25.1 Å². The number of amides is 1. The molecule has 1 amide bonds. The third-order valence-electron chi connectivity index (χ3n) is 6.18. The van der Waals surface area contributed by atoms with Gasteiger partial charge in [-0.15, -0.1) is 0 Å². The Kier molecular flexibility index (Phi) is 7.74. The van der Waals surface area contributed by atoms with Gasteiger partial charge in [-0.3, -0.25) is 9.59 Å². The maximum absolute atomic E-state index is 13.6. The summed E-state index contributed by atoms with van der Waals surface area (Å²) in [6.07, 6.45) is 3.67. The highest BCUT2D eigenvalue weighted by Crippen LogP contribution is 2.32. The van der Waals surface area contributed by atoms with Crippen molar-refractivity contribution >= 4 is 11.9 Å². The first-order chi connectivity index (χ1) is 17.4. The smallest absolute Gasteiger partial charge is 0.303 e. The van der Waals surface area contributed by atoms with E-state index in [1.165, 1.54) is 5.56 Å². The van der Waals surface area contributed by atoms with Crippen LogP contribution in [0.4, 0.5) is 0 Å². The molecule has 3 aromatic rings. The topological polar surface area (TPSA) is 66.8 Å². The molecule has 0 aromatic heterocycles. The van der Waals surface area contributed by atoms with E-state index >= 15 is 0 Å². The minimum Gasteiger partial charge on any atom is -0.493 e. The van der Waals surface area contributed by atoms with Crippen LogP contribution in [0.25, 0.3) is 11.1 Å². The molecule has 0 bridgehead atoms. The number of unbranched alkanes of at least 4 members (excludes halogenated alkanes) is 2. The Hall–Kier alpha value is -3.60. The van der Waals surface area contributed by atoms with Gasteiger partial charge in [-0.05, 0) is 68.4 Å². The van der Waals surface area contributed by atoms with Crippen molar-refractivity contribution < 1.29 is 20.8 Å². The van der Waals surface area contributed by atoms with Crippen LogP contribution in [0.3, 0.4) is 0 Å². The van der Waals surface area contributed by atoms with Crippen LogP contribution in [-0.2, 0) is 11.3 Å². The van der Waals surface area contributed by atoms with E-state index in [1.807, 2.05) is 54.6 Å². The van der Waals surface area contributed by atoms with Crippen molar-refractivity contribution in [1.29, 1.82) is 0 Å². The summed E-state index contributed by atoms with van der Waals surface area (Å²) in [5.41, 5.74) is 4.79. The summed E-state index contributed by atoms with van der Waals surface area (Å²) < 4.78 is 14.8. The number of aliphatic carboxylic acids is 1. The number of ether oxygens (including phenoxy) is 1. The minimum absolute atomic E-state index is 0.151. The average Bonchev–Trinajstić information content (AvgIpc) is 3.63. The number of para-hydroxylation sites is 1. The molecule has 3 aromatic carbocycles. The van der Waals surface area contributed by atoms with Crippen molar-refractivity contribution in [2.45, 2.75) is 58.0 Å². The number of nitrogens with zero attached hydrogens (tertiary/aromatic N) is 1. The number of carbonyl (C=O) groups excluding carboxylic acids is 1. The van der Waals surface area contributed by atoms with Gasteiger partial charge in [0.05, 0.1) is 7.98 Å². The first kappa shape index (κ1) is 23.2. The van der Waals surface area contributed by atoms with Crippen LogP contribution in [0.2, 0.25) is 0 Å². The van der Waals surface area contributed by atoms with Crippen molar-refractivity contribution in [1.82, 2.24) is 4.90 Å². The molecule has 35 heavy (non-hydrogen) atoms. The Labute approximate surface area is 208 Å². The summed E-state index contributed by atoms with van der Waals surface area (Å²) in [7, 11) is 0. The third kappa shape index (κ3) is 6.95. The molecule has 0 saturated heterocycles. The lowest BCUT2D eigenvalue weighted by Gasteiger charge is -2.24.